The molecule has 1 saturated heterocycles. The van der Waals surface area contributed by atoms with E-state index in [1.54, 1.807) is 19.4 Å². The molecular formula is C30H35F3N2O4. The Morgan fingerprint density at radius 1 is 1.15 bits per heavy atom. The van der Waals surface area contributed by atoms with Crippen LogP contribution in [0.2, 0.25) is 0 Å². The van der Waals surface area contributed by atoms with E-state index in [0.29, 0.717) is 31.6 Å². The van der Waals surface area contributed by atoms with E-state index in [1.807, 2.05) is 18.2 Å². The van der Waals surface area contributed by atoms with E-state index in [2.05, 4.69) is 9.88 Å². The number of unbranched alkanes of at least 4 members (excludes halogenated alkanes) is 1. The molecule has 9 heteroatoms. The molecule has 0 spiro atoms. The highest BCUT2D eigenvalue weighted by Crippen LogP contribution is 2.34. The summed E-state index contributed by atoms with van der Waals surface area (Å²) in [5.41, 5.74) is 1.75. The maximum Gasteiger partial charge on any atom is 0.416 e. The molecule has 0 radical (unpaired) electrons. The van der Waals surface area contributed by atoms with Crippen molar-refractivity contribution in [2.75, 3.05) is 26.7 Å². The first-order chi connectivity index (χ1) is 18.7. The third-order valence-electron chi connectivity index (χ3n) is 7.78. The molecule has 0 amide bonds. The topological polar surface area (TPSA) is 82.9 Å². The molecular weight excluding hydrogens is 509 g/mol. The summed E-state index contributed by atoms with van der Waals surface area (Å²) in [5.74, 6) is -0.664. The van der Waals surface area contributed by atoms with Gasteiger partial charge in [-0.1, -0.05) is 12.1 Å². The van der Waals surface area contributed by atoms with Crippen LogP contribution in [0.4, 0.5) is 13.2 Å². The summed E-state index contributed by atoms with van der Waals surface area (Å²) in [4.78, 5) is 18.6. The van der Waals surface area contributed by atoms with Gasteiger partial charge in [0.05, 0.1) is 30.2 Å². The molecule has 0 bridgehead atoms. The zero-order valence-corrected chi connectivity index (χ0v) is 22.0. The van der Waals surface area contributed by atoms with E-state index in [1.165, 1.54) is 12.1 Å². The molecule has 0 saturated carbocycles. The average Bonchev–Trinajstić information content (AvgIpc) is 2.93. The molecule has 3 atom stereocenters. The molecule has 6 nitrogen and oxygen atoms in total. The molecule has 1 aliphatic rings. The number of benzene rings is 2. The van der Waals surface area contributed by atoms with Crippen molar-refractivity contribution in [3.63, 3.8) is 0 Å². The van der Waals surface area contributed by atoms with Crippen LogP contribution < -0.4 is 4.74 Å². The SMILES string of the molecule is COc1ccc2nccc(C(O)CC[C@@H]3CCN(CCCCc4ccc(C(F)(F)F)cc4)C[C@@H]3C(=O)O)c2c1. The summed E-state index contributed by atoms with van der Waals surface area (Å²) >= 11 is 0. The smallest absolute Gasteiger partial charge is 0.416 e. The molecule has 1 unspecified atom stereocenters. The average molecular weight is 545 g/mol. The highest BCUT2D eigenvalue weighted by atomic mass is 19.4. The first-order valence-corrected chi connectivity index (χ1v) is 13.4. The highest BCUT2D eigenvalue weighted by Gasteiger charge is 2.34. The number of rotatable bonds is 11. The monoisotopic (exact) mass is 544 g/mol. The first-order valence-electron chi connectivity index (χ1n) is 13.4. The van der Waals surface area contributed by atoms with Gasteiger partial charge in [-0.05, 0) is 105 Å². The zero-order valence-electron chi connectivity index (χ0n) is 22.0. The summed E-state index contributed by atoms with van der Waals surface area (Å²) in [6.45, 7) is 2.01. The maximum absolute atomic E-state index is 12.7. The van der Waals surface area contributed by atoms with E-state index < -0.39 is 29.7 Å². The Hall–Kier alpha value is -3.17. The van der Waals surface area contributed by atoms with E-state index in [4.69, 9.17) is 4.74 Å². The lowest BCUT2D eigenvalue weighted by molar-refractivity contribution is -0.146. The highest BCUT2D eigenvalue weighted by molar-refractivity contribution is 5.83. The second kappa shape index (κ2) is 12.8. The Labute approximate surface area is 226 Å². The van der Waals surface area contributed by atoms with Crippen molar-refractivity contribution in [3.05, 3.63) is 71.4 Å². The van der Waals surface area contributed by atoms with Crippen molar-refractivity contribution in [3.8, 4) is 5.75 Å². The van der Waals surface area contributed by atoms with Gasteiger partial charge < -0.3 is 19.8 Å². The molecule has 39 heavy (non-hydrogen) atoms. The summed E-state index contributed by atoms with van der Waals surface area (Å²) in [6, 6.07) is 12.6. The molecule has 3 aromatic rings. The number of aliphatic hydroxyl groups is 1. The Kier molecular flexibility index (Phi) is 9.45. The van der Waals surface area contributed by atoms with Crippen LogP contribution >= 0.6 is 0 Å². The number of aryl methyl sites for hydroxylation is 1. The van der Waals surface area contributed by atoms with E-state index in [9.17, 15) is 28.2 Å². The number of ether oxygens (including phenoxy) is 1. The number of carbonyl (C=O) groups is 1. The number of halogens is 3. The van der Waals surface area contributed by atoms with Crippen molar-refractivity contribution in [1.29, 1.82) is 0 Å². The summed E-state index contributed by atoms with van der Waals surface area (Å²) in [5, 5.41) is 21.7. The molecule has 0 aliphatic carbocycles. The van der Waals surface area contributed by atoms with Gasteiger partial charge in [-0.15, -0.1) is 0 Å². The molecule has 2 N–H and O–H groups in total. The van der Waals surface area contributed by atoms with Gasteiger partial charge in [0.25, 0.3) is 0 Å². The first kappa shape index (κ1) is 28.8. The molecule has 1 aliphatic heterocycles. The largest absolute Gasteiger partial charge is 0.497 e. The number of aliphatic hydroxyl groups excluding tert-OH is 1. The molecule has 1 aromatic heterocycles. The number of alkyl halides is 3. The van der Waals surface area contributed by atoms with Crippen LogP contribution in [0.5, 0.6) is 5.75 Å². The Morgan fingerprint density at radius 2 is 1.92 bits per heavy atom. The minimum absolute atomic E-state index is 0.0248. The standard InChI is InChI=1S/C30H35F3N2O4/c1-39-23-10-11-27-25(18-23)24(13-15-34-27)28(36)12-7-21-14-17-35(19-26(21)29(37)38)16-3-2-4-20-5-8-22(9-6-20)30(31,32)33/h5-6,8-11,13,15,18,21,26,28,36H,2-4,7,12,14,16-17,19H2,1H3,(H,37,38)/t21-,26+,28?/m1/s1. The lowest BCUT2D eigenvalue weighted by atomic mass is 9.81. The van der Waals surface area contributed by atoms with Crippen LogP contribution in [0.25, 0.3) is 10.9 Å². The van der Waals surface area contributed by atoms with Gasteiger partial charge in [0.1, 0.15) is 5.75 Å². The third-order valence-corrected chi connectivity index (χ3v) is 7.78. The Balaban J connectivity index is 1.26. The number of methoxy groups -OCH3 is 1. The van der Waals surface area contributed by atoms with Crippen LogP contribution in [0.3, 0.4) is 0 Å². The molecule has 2 heterocycles. The fourth-order valence-corrected chi connectivity index (χ4v) is 5.51. The summed E-state index contributed by atoms with van der Waals surface area (Å²) in [7, 11) is 1.59. The fourth-order valence-electron chi connectivity index (χ4n) is 5.51. The number of aromatic nitrogens is 1. The number of hydrogen-bond acceptors (Lipinski definition) is 5. The van der Waals surface area contributed by atoms with Crippen molar-refractivity contribution < 1.29 is 32.9 Å². The van der Waals surface area contributed by atoms with Crippen molar-refractivity contribution in [2.45, 2.75) is 50.8 Å². The van der Waals surface area contributed by atoms with E-state index >= 15 is 0 Å². The molecule has 1 fully saturated rings. The number of nitrogens with zero attached hydrogens (tertiary/aromatic N) is 2. The predicted octanol–water partition coefficient (Wildman–Crippen LogP) is 6.12. The minimum atomic E-state index is -4.33. The maximum atomic E-state index is 12.7. The third kappa shape index (κ3) is 7.48. The summed E-state index contributed by atoms with van der Waals surface area (Å²) in [6.07, 6.45) is 0.757. The normalized spacial score (nSPS) is 19.2. The predicted molar refractivity (Wildman–Crippen MR) is 143 cm³/mol. The van der Waals surface area contributed by atoms with Crippen LogP contribution in [-0.4, -0.2) is 52.8 Å². The second-order valence-electron chi connectivity index (χ2n) is 10.3. The molecule has 4 rings (SSSR count). The number of aliphatic carboxylic acids is 1. The van der Waals surface area contributed by atoms with E-state index in [-0.39, 0.29) is 5.92 Å². The van der Waals surface area contributed by atoms with Crippen LogP contribution in [0, 0.1) is 11.8 Å². The van der Waals surface area contributed by atoms with Gasteiger partial charge in [0, 0.05) is 18.1 Å². The summed E-state index contributed by atoms with van der Waals surface area (Å²) < 4.78 is 43.5. The Morgan fingerprint density at radius 3 is 2.62 bits per heavy atom. The Bertz CT molecular complexity index is 1250. The number of carboxylic acids is 1. The number of piperidine rings is 1. The number of likely N-dealkylation sites (tertiary alicyclic amines) is 1. The fraction of sp³-hybridized carbons (Fsp3) is 0.467. The second-order valence-corrected chi connectivity index (χ2v) is 10.3. The number of pyridine rings is 1. The van der Waals surface area contributed by atoms with Gasteiger partial charge in [-0.25, -0.2) is 0 Å². The van der Waals surface area contributed by atoms with Gasteiger partial charge in [0.2, 0.25) is 0 Å². The van der Waals surface area contributed by atoms with Crippen molar-refractivity contribution >= 4 is 16.9 Å². The number of carboxylic acid groups (broad SMARTS) is 1. The number of hydrogen-bond donors (Lipinski definition) is 2. The number of fused-ring (bicyclic) bond motifs is 1. The van der Waals surface area contributed by atoms with Crippen molar-refractivity contribution in [2.24, 2.45) is 11.8 Å². The zero-order chi connectivity index (χ0) is 28.0. The quantitative estimate of drug-likeness (QED) is 0.283. The van der Waals surface area contributed by atoms with Crippen LogP contribution in [-0.2, 0) is 17.4 Å². The van der Waals surface area contributed by atoms with E-state index in [0.717, 1.165) is 66.5 Å². The van der Waals surface area contributed by atoms with Gasteiger partial charge in [-0.2, -0.15) is 13.2 Å². The lowest BCUT2D eigenvalue weighted by Gasteiger charge is -2.37. The molecule has 2 aromatic carbocycles. The van der Waals surface area contributed by atoms with Crippen LogP contribution in [0.1, 0.15) is 54.9 Å². The molecule has 210 valence electrons. The van der Waals surface area contributed by atoms with Crippen molar-refractivity contribution in [1.82, 2.24) is 9.88 Å². The van der Waals surface area contributed by atoms with Gasteiger partial charge >= 0.3 is 12.1 Å². The van der Waals surface area contributed by atoms with Crippen LogP contribution in [0.15, 0.2) is 54.7 Å². The lowest BCUT2D eigenvalue weighted by Crippen LogP contribution is -2.44. The van der Waals surface area contributed by atoms with Gasteiger partial charge in [-0.3, -0.25) is 9.78 Å². The van der Waals surface area contributed by atoms with Gasteiger partial charge in [0.15, 0.2) is 0 Å². The minimum Gasteiger partial charge on any atom is -0.497 e.